The summed E-state index contributed by atoms with van der Waals surface area (Å²) in [4.78, 5) is 20.3. The van der Waals surface area contributed by atoms with Crippen LogP contribution in [0.15, 0.2) is 43.0 Å². The van der Waals surface area contributed by atoms with E-state index in [1.807, 2.05) is 31.6 Å². The van der Waals surface area contributed by atoms with Gasteiger partial charge in [-0.05, 0) is 55.3 Å². The van der Waals surface area contributed by atoms with Crippen molar-refractivity contribution in [2.24, 2.45) is 0 Å². The van der Waals surface area contributed by atoms with Crippen molar-refractivity contribution < 1.29 is 9.53 Å². The molecule has 176 valence electrons. The predicted octanol–water partition coefficient (Wildman–Crippen LogP) is 5.20. The third-order valence-corrected chi connectivity index (χ3v) is 7.02. The molecule has 1 aliphatic heterocycles. The minimum atomic E-state index is 0.0601. The summed E-state index contributed by atoms with van der Waals surface area (Å²) in [5.74, 6) is 0.574. The van der Waals surface area contributed by atoms with E-state index >= 15 is 0 Å². The molecule has 2 N–H and O–H groups in total. The predicted molar refractivity (Wildman–Crippen MR) is 134 cm³/mol. The molecule has 0 atom stereocenters. The van der Waals surface area contributed by atoms with E-state index in [9.17, 15) is 4.79 Å². The summed E-state index contributed by atoms with van der Waals surface area (Å²) in [6.07, 6.45) is 11.0. The number of ketones is 1. The van der Waals surface area contributed by atoms with Gasteiger partial charge < -0.3 is 15.0 Å². The van der Waals surface area contributed by atoms with E-state index in [4.69, 9.17) is 16.3 Å². The fourth-order valence-electron chi connectivity index (χ4n) is 4.62. The van der Waals surface area contributed by atoms with Crippen LogP contribution in [0.1, 0.15) is 53.7 Å². The first-order chi connectivity index (χ1) is 16.6. The van der Waals surface area contributed by atoms with Gasteiger partial charge in [0.2, 0.25) is 0 Å². The number of rotatable bonds is 7. The Hall–Kier alpha value is -3.16. The van der Waals surface area contributed by atoms with Gasteiger partial charge in [0.05, 0.1) is 24.4 Å². The Kier molecular flexibility index (Phi) is 6.39. The van der Waals surface area contributed by atoms with E-state index in [0.717, 1.165) is 59.2 Å². The summed E-state index contributed by atoms with van der Waals surface area (Å²) in [5.41, 5.74) is 5.40. The molecule has 34 heavy (non-hydrogen) atoms. The van der Waals surface area contributed by atoms with Gasteiger partial charge in [0.1, 0.15) is 11.4 Å². The molecule has 0 aliphatic carbocycles. The highest BCUT2D eigenvalue weighted by Gasteiger charge is 2.18. The number of piperidine rings is 1. The number of hydrogen-bond acceptors (Lipinski definition) is 5. The molecule has 4 aromatic rings. The number of ether oxygens (including phenoxy) is 1. The summed E-state index contributed by atoms with van der Waals surface area (Å²) >= 11 is 6.62. The van der Waals surface area contributed by atoms with Gasteiger partial charge in [-0.3, -0.25) is 9.48 Å². The maximum absolute atomic E-state index is 12.4. The largest absolute Gasteiger partial charge is 0.495 e. The average Bonchev–Trinajstić information content (AvgIpc) is 3.53. The Morgan fingerprint density at radius 2 is 2.00 bits per heavy atom. The van der Waals surface area contributed by atoms with E-state index in [0.29, 0.717) is 35.2 Å². The van der Waals surface area contributed by atoms with Crippen molar-refractivity contribution in [3.05, 3.63) is 64.7 Å². The minimum absolute atomic E-state index is 0.0601. The second kappa shape index (κ2) is 9.60. The third-order valence-electron chi connectivity index (χ3n) is 6.59. The Morgan fingerprint density at radius 1 is 1.18 bits per heavy atom. The highest BCUT2D eigenvalue weighted by molar-refractivity contribution is 6.33. The molecule has 0 saturated carbocycles. The maximum atomic E-state index is 12.4. The number of fused-ring (bicyclic) bond motifs is 1. The number of pyridine rings is 1. The normalized spacial score (nSPS) is 14.6. The number of Topliss-reactive ketones (excluding diaryl/α,β-unsaturated/α-hetero) is 1. The lowest BCUT2D eigenvalue weighted by Gasteiger charge is -2.22. The zero-order chi connectivity index (χ0) is 23.7. The van der Waals surface area contributed by atoms with E-state index in [1.54, 1.807) is 13.2 Å². The molecule has 3 aromatic heterocycles. The van der Waals surface area contributed by atoms with E-state index in [1.165, 1.54) is 0 Å². The van der Waals surface area contributed by atoms with E-state index in [-0.39, 0.29) is 5.78 Å². The second-order valence-electron chi connectivity index (χ2n) is 8.73. The highest BCUT2D eigenvalue weighted by atomic mass is 35.5. The van der Waals surface area contributed by atoms with Crippen LogP contribution < -0.4 is 10.1 Å². The SMILES string of the molecule is CCC(=O)c1cc(Cc2c[nH]c3ncc(-c4cnn(C5CCNCC5)c4)cc23)c(Cl)c(OC)c1. The Bertz CT molecular complexity index is 1340. The number of nitrogens with zero attached hydrogens (tertiary/aromatic N) is 3. The number of halogens is 1. The molecule has 7 nitrogen and oxygen atoms in total. The van der Waals surface area contributed by atoms with Crippen molar-refractivity contribution in [3.63, 3.8) is 0 Å². The van der Waals surface area contributed by atoms with Crippen molar-refractivity contribution in [1.29, 1.82) is 0 Å². The Morgan fingerprint density at radius 3 is 2.76 bits per heavy atom. The molecule has 0 amide bonds. The highest BCUT2D eigenvalue weighted by Crippen LogP contribution is 2.34. The van der Waals surface area contributed by atoms with Gasteiger partial charge in [-0.2, -0.15) is 5.10 Å². The first-order valence-corrected chi connectivity index (χ1v) is 12.1. The van der Waals surface area contributed by atoms with Gasteiger partial charge in [-0.15, -0.1) is 0 Å². The monoisotopic (exact) mass is 477 g/mol. The molecule has 4 heterocycles. The number of benzene rings is 1. The Balaban J connectivity index is 1.48. The van der Waals surface area contributed by atoms with Gasteiger partial charge in [0.15, 0.2) is 5.78 Å². The summed E-state index contributed by atoms with van der Waals surface area (Å²) in [7, 11) is 1.57. The first-order valence-electron chi connectivity index (χ1n) is 11.7. The third kappa shape index (κ3) is 4.33. The van der Waals surface area contributed by atoms with Gasteiger partial charge >= 0.3 is 0 Å². The lowest BCUT2D eigenvalue weighted by atomic mass is 9.99. The van der Waals surface area contributed by atoms with Gasteiger partial charge in [0, 0.05) is 53.5 Å². The van der Waals surface area contributed by atoms with Crippen molar-refractivity contribution in [2.75, 3.05) is 20.2 Å². The molecule has 1 aliphatic rings. The molecule has 1 saturated heterocycles. The van der Waals surface area contributed by atoms with Crippen LogP contribution >= 0.6 is 11.6 Å². The van der Waals surface area contributed by atoms with Crippen LogP contribution in [0.25, 0.3) is 22.2 Å². The molecule has 1 fully saturated rings. The van der Waals surface area contributed by atoms with E-state index in [2.05, 4.69) is 37.3 Å². The van der Waals surface area contributed by atoms with Crippen LogP contribution in [-0.2, 0) is 6.42 Å². The Labute approximate surface area is 203 Å². The molecule has 0 unspecified atom stereocenters. The van der Waals surface area contributed by atoms with Crippen LogP contribution in [0.4, 0.5) is 0 Å². The van der Waals surface area contributed by atoms with Gasteiger partial charge in [-0.25, -0.2) is 4.98 Å². The number of nitrogens with one attached hydrogen (secondary N) is 2. The molecule has 0 radical (unpaired) electrons. The summed E-state index contributed by atoms with van der Waals surface area (Å²) < 4.78 is 7.52. The van der Waals surface area contributed by atoms with Crippen molar-refractivity contribution in [2.45, 2.75) is 38.6 Å². The van der Waals surface area contributed by atoms with Crippen LogP contribution in [0, 0.1) is 0 Å². The number of hydrogen-bond donors (Lipinski definition) is 2. The number of aromatic amines is 1. The second-order valence-corrected chi connectivity index (χ2v) is 9.11. The molecule has 0 spiro atoms. The number of carbonyl (C=O) groups excluding carboxylic acids is 1. The zero-order valence-electron chi connectivity index (χ0n) is 19.4. The fraction of sp³-hybridized carbons (Fsp3) is 0.346. The molecule has 5 rings (SSSR count). The zero-order valence-corrected chi connectivity index (χ0v) is 20.2. The van der Waals surface area contributed by atoms with Crippen LogP contribution in [0.5, 0.6) is 5.75 Å². The van der Waals surface area contributed by atoms with Crippen LogP contribution in [0.3, 0.4) is 0 Å². The van der Waals surface area contributed by atoms with Crippen LogP contribution in [0.2, 0.25) is 5.02 Å². The topological polar surface area (TPSA) is 84.8 Å². The number of carbonyl (C=O) groups is 1. The maximum Gasteiger partial charge on any atom is 0.162 e. The van der Waals surface area contributed by atoms with Crippen molar-refractivity contribution in [1.82, 2.24) is 25.1 Å². The molecule has 0 bridgehead atoms. The smallest absolute Gasteiger partial charge is 0.162 e. The van der Waals surface area contributed by atoms with Crippen molar-refractivity contribution >= 4 is 28.4 Å². The van der Waals surface area contributed by atoms with Gasteiger partial charge in [0.25, 0.3) is 0 Å². The summed E-state index contributed by atoms with van der Waals surface area (Å²) in [6.45, 7) is 3.90. The quantitative estimate of drug-likeness (QED) is 0.357. The van der Waals surface area contributed by atoms with Crippen molar-refractivity contribution in [3.8, 4) is 16.9 Å². The standard InChI is InChI=1S/C26H28ClN5O2/c1-3-23(33)16-8-17(25(27)24(11-16)34-2)9-19-13-30-26-22(19)10-18(12-29-26)20-14-31-32(15-20)21-4-6-28-7-5-21/h8,10-15,21,28H,3-7,9H2,1-2H3,(H,29,30). The first kappa shape index (κ1) is 22.6. The lowest BCUT2D eigenvalue weighted by molar-refractivity contribution is 0.0987. The molecule has 8 heteroatoms. The van der Waals surface area contributed by atoms with Crippen LogP contribution in [-0.4, -0.2) is 45.7 Å². The lowest BCUT2D eigenvalue weighted by Crippen LogP contribution is -2.29. The average molecular weight is 478 g/mol. The van der Waals surface area contributed by atoms with Gasteiger partial charge in [-0.1, -0.05) is 18.5 Å². The molecular weight excluding hydrogens is 450 g/mol. The number of aromatic nitrogens is 4. The molecule has 1 aromatic carbocycles. The fourth-order valence-corrected chi connectivity index (χ4v) is 4.88. The van der Waals surface area contributed by atoms with E-state index < -0.39 is 0 Å². The summed E-state index contributed by atoms with van der Waals surface area (Å²) in [6, 6.07) is 6.16. The number of H-pyrrole nitrogens is 1. The number of methoxy groups -OCH3 is 1. The summed E-state index contributed by atoms with van der Waals surface area (Å²) in [5, 5.41) is 9.58. The minimum Gasteiger partial charge on any atom is -0.495 e. The molecular formula is C26H28ClN5O2.